The van der Waals surface area contributed by atoms with Crippen LogP contribution < -0.4 is 10.6 Å². The van der Waals surface area contributed by atoms with Gasteiger partial charge in [-0.2, -0.15) is 4.31 Å². The van der Waals surface area contributed by atoms with E-state index < -0.39 is 16.1 Å². The molecule has 4 rings (SSSR count). The topological polar surface area (TPSA) is 95.6 Å². The van der Waals surface area contributed by atoms with E-state index >= 15 is 0 Å². The van der Waals surface area contributed by atoms with Crippen LogP contribution in [-0.2, 0) is 32.5 Å². The quantitative estimate of drug-likeness (QED) is 0.559. The number of sulfonamides is 1. The first-order valence-corrected chi connectivity index (χ1v) is 13.1. The van der Waals surface area contributed by atoms with Crippen molar-refractivity contribution in [1.82, 2.24) is 14.9 Å². The van der Waals surface area contributed by atoms with Crippen molar-refractivity contribution < 1.29 is 18.0 Å². The molecule has 1 aliphatic heterocycles. The summed E-state index contributed by atoms with van der Waals surface area (Å²) in [5, 5.41) is 5.87. The maximum Gasteiger partial charge on any atom is 0.243 e. The van der Waals surface area contributed by atoms with Gasteiger partial charge in [-0.3, -0.25) is 9.59 Å². The summed E-state index contributed by atoms with van der Waals surface area (Å²) in [4.78, 5) is 25.6. The standard InChI is InChI=1S/C25H31N3O4S/c29-24(27-23(25(30)26-21-11-12-21)18-20-6-2-1-3-7-20)15-10-19-8-13-22(14-9-19)33(31,32)28-16-4-5-17-28/h1-3,6-9,13-14,21,23H,4-5,10-12,15-18H2,(H,26,30)(H,27,29). The van der Waals surface area contributed by atoms with E-state index in [-0.39, 0.29) is 29.2 Å². The van der Waals surface area contributed by atoms with Crippen molar-refractivity contribution in [2.75, 3.05) is 13.1 Å². The van der Waals surface area contributed by atoms with Gasteiger partial charge in [0.15, 0.2) is 0 Å². The summed E-state index contributed by atoms with van der Waals surface area (Å²) in [5.41, 5.74) is 1.87. The van der Waals surface area contributed by atoms with Crippen LogP contribution >= 0.6 is 0 Å². The van der Waals surface area contributed by atoms with Gasteiger partial charge in [-0.25, -0.2) is 8.42 Å². The fourth-order valence-electron chi connectivity index (χ4n) is 4.02. The largest absolute Gasteiger partial charge is 0.352 e. The molecule has 1 saturated heterocycles. The number of rotatable bonds is 10. The molecule has 8 heteroatoms. The van der Waals surface area contributed by atoms with E-state index in [0.717, 1.165) is 36.8 Å². The van der Waals surface area contributed by atoms with Crippen LogP contribution in [0.15, 0.2) is 59.5 Å². The molecule has 1 heterocycles. The van der Waals surface area contributed by atoms with Crippen molar-refractivity contribution in [1.29, 1.82) is 0 Å². The Bertz CT molecular complexity index is 1060. The number of hydrogen-bond donors (Lipinski definition) is 2. The summed E-state index contributed by atoms with van der Waals surface area (Å²) in [6, 6.07) is 16.0. The summed E-state index contributed by atoms with van der Waals surface area (Å²) < 4.78 is 26.8. The van der Waals surface area contributed by atoms with Gasteiger partial charge in [0, 0.05) is 32.0 Å². The lowest BCUT2D eigenvalue weighted by atomic mass is 10.0. The lowest BCUT2D eigenvalue weighted by Gasteiger charge is -2.19. The number of nitrogens with zero attached hydrogens (tertiary/aromatic N) is 1. The number of amides is 2. The van der Waals surface area contributed by atoms with Crippen LogP contribution in [0.3, 0.4) is 0 Å². The van der Waals surface area contributed by atoms with Gasteiger partial charge in [-0.05, 0) is 55.4 Å². The van der Waals surface area contributed by atoms with Crippen molar-refractivity contribution in [3.63, 3.8) is 0 Å². The maximum absolute atomic E-state index is 12.7. The van der Waals surface area contributed by atoms with Crippen molar-refractivity contribution in [2.45, 2.75) is 61.9 Å². The van der Waals surface area contributed by atoms with Crippen LogP contribution in [0.25, 0.3) is 0 Å². The fraction of sp³-hybridized carbons (Fsp3) is 0.440. The molecule has 0 spiro atoms. The van der Waals surface area contributed by atoms with Crippen LogP contribution in [0.2, 0.25) is 0 Å². The highest BCUT2D eigenvalue weighted by Crippen LogP contribution is 2.21. The Balaban J connectivity index is 1.33. The van der Waals surface area contributed by atoms with E-state index in [2.05, 4.69) is 10.6 Å². The average Bonchev–Trinajstić information content (AvgIpc) is 3.44. The Morgan fingerprint density at radius 3 is 2.24 bits per heavy atom. The normalized spacial score (nSPS) is 17.5. The Morgan fingerprint density at radius 1 is 0.939 bits per heavy atom. The molecule has 2 amide bonds. The van der Waals surface area contributed by atoms with Crippen molar-refractivity contribution in [2.24, 2.45) is 0 Å². The molecule has 176 valence electrons. The van der Waals surface area contributed by atoms with Crippen molar-refractivity contribution in [3.8, 4) is 0 Å². The van der Waals surface area contributed by atoms with Gasteiger partial charge in [0.25, 0.3) is 0 Å². The fourth-order valence-corrected chi connectivity index (χ4v) is 5.54. The third-order valence-corrected chi connectivity index (χ3v) is 8.04. The predicted molar refractivity (Wildman–Crippen MR) is 126 cm³/mol. The molecule has 1 saturated carbocycles. The molecule has 2 N–H and O–H groups in total. The number of hydrogen-bond acceptors (Lipinski definition) is 4. The zero-order valence-corrected chi connectivity index (χ0v) is 19.5. The highest BCUT2D eigenvalue weighted by molar-refractivity contribution is 7.89. The smallest absolute Gasteiger partial charge is 0.243 e. The highest BCUT2D eigenvalue weighted by atomic mass is 32.2. The molecule has 1 aliphatic carbocycles. The number of carbonyl (C=O) groups is 2. The summed E-state index contributed by atoms with van der Waals surface area (Å²) in [6.45, 7) is 1.14. The minimum atomic E-state index is -3.44. The lowest BCUT2D eigenvalue weighted by molar-refractivity contribution is -0.129. The van der Waals surface area contributed by atoms with E-state index in [0.29, 0.717) is 25.9 Å². The molecule has 33 heavy (non-hydrogen) atoms. The third kappa shape index (κ3) is 6.42. The SMILES string of the molecule is O=C(CCc1ccc(S(=O)(=O)N2CCCC2)cc1)NC(Cc1ccccc1)C(=O)NC1CC1. The maximum atomic E-state index is 12.7. The third-order valence-electron chi connectivity index (χ3n) is 6.12. The van der Waals surface area contributed by atoms with E-state index in [9.17, 15) is 18.0 Å². The average molecular weight is 470 g/mol. The van der Waals surface area contributed by atoms with Gasteiger partial charge in [0.2, 0.25) is 21.8 Å². The summed E-state index contributed by atoms with van der Waals surface area (Å²) in [6.07, 6.45) is 4.90. The van der Waals surface area contributed by atoms with Gasteiger partial charge in [0.1, 0.15) is 6.04 Å². The van der Waals surface area contributed by atoms with E-state index in [1.54, 1.807) is 24.3 Å². The predicted octanol–water partition coefficient (Wildman–Crippen LogP) is 2.41. The molecule has 0 aromatic heterocycles. The molecule has 0 radical (unpaired) electrons. The van der Waals surface area contributed by atoms with E-state index in [1.807, 2.05) is 30.3 Å². The van der Waals surface area contributed by atoms with Crippen molar-refractivity contribution >= 4 is 21.8 Å². The second-order valence-corrected chi connectivity index (χ2v) is 10.8. The number of nitrogens with one attached hydrogen (secondary N) is 2. The van der Waals surface area contributed by atoms with E-state index in [4.69, 9.17) is 0 Å². The number of carbonyl (C=O) groups excluding carboxylic acids is 2. The van der Waals surface area contributed by atoms with Gasteiger partial charge < -0.3 is 10.6 Å². The van der Waals surface area contributed by atoms with Crippen LogP contribution in [-0.4, -0.2) is 49.7 Å². The second-order valence-electron chi connectivity index (χ2n) is 8.85. The highest BCUT2D eigenvalue weighted by Gasteiger charge is 2.29. The minimum Gasteiger partial charge on any atom is -0.352 e. The Hall–Kier alpha value is -2.71. The number of benzene rings is 2. The summed E-state index contributed by atoms with van der Waals surface area (Å²) >= 11 is 0. The Kier molecular flexibility index (Phi) is 7.45. The van der Waals surface area contributed by atoms with Gasteiger partial charge in [0.05, 0.1) is 4.90 Å². The molecule has 1 unspecified atom stereocenters. The van der Waals surface area contributed by atoms with E-state index in [1.165, 1.54) is 4.31 Å². The zero-order chi connectivity index (χ0) is 23.3. The molecule has 0 bridgehead atoms. The van der Waals surface area contributed by atoms with Crippen LogP contribution in [0.1, 0.15) is 43.2 Å². The molecule has 2 fully saturated rings. The summed E-state index contributed by atoms with van der Waals surface area (Å²) in [5.74, 6) is -0.346. The van der Waals surface area contributed by atoms with Crippen LogP contribution in [0, 0.1) is 0 Å². The van der Waals surface area contributed by atoms with Crippen molar-refractivity contribution in [3.05, 3.63) is 65.7 Å². The first-order valence-electron chi connectivity index (χ1n) is 11.6. The first-order chi connectivity index (χ1) is 15.9. The van der Waals surface area contributed by atoms with Crippen LogP contribution in [0.5, 0.6) is 0 Å². The molecule has 1 atom stereocenters. The van der Waals surface area contributed by atoms with Gasteiger partial charge in [-0.15, -0.1) is 0 Å². The second kappa shape index (κ2) is 10.5. The molecule has 7 nitrogen and oxygen atoms in total. The lowest BCUT2D eigenvalue weighted by Crippen LogP contribution is -2.48. The summed E-state index contributed by atoms with van der Waals surface area (Å²) in [7, 11) is -3.44. The molecule has 2 aromatic rings. The molecule has 2 aromatic carbocycles. The van der Waals surface area contributed by atoms with Gasteiger partial charge >= 0.3 is 0 Å². The molecule has 2 aliphatic rings. The minimum absolute atomic E-state index is 0.147. The molecular formula is C25H31N3O4S. The molecular weight excluding hydrogens is 438 g/mol. The Morgan fingerprint density at radius 2 is 1.61 bits per heavy atom. The monoisotopic (exact) mass is 469 g/mol. The van der Waals surface area contributed by atoms with Crippen LogP contribution in [0.4, 0.5) is 0 Å². The first kappa shape index (κ1) is 23.4. The zero-order valence-electron chi connectivity index (χ0n) is 18.7. The number of aryl methyl sites for hydroxylation is 1. The van der Waals surface area contributed by atoms with Gasteiger partial charge in [-0.1, -0.05) is 42.5 Å². The Labute approximate surface area is 195 Å².